The molecule has 0 aromatic heterocycles. The van der Waals surface area contributed by atoms with Crippen molar-refractivity contribution in [2.75, 3.05) is 6.54 Å². The van der Waals surface area contributed by atoms with Crippen molar-refractivity contribution >= 4 is 29.6 Å². The fourth-order valence-electron chi connectivity index (χ4n) is 4.00. The molecule has 11 heteroatoms. The van der Waals surface area contributed by atoms with E-state index in [0.29, 0.717) is 19.4 Å². The zero-order chi connectivity index (χ0) is 26.7. The Morgan fingerprint density at radius 3 is 2.28 bits per heavy atom. The first-order valence-corrected chi connectivity index (χ1v) is 12.3. The van der Waals surface area contributed by atoms with Crippen LogP contribution in [-0.4, -0.2) is 65.4 Å². The highest BCUT2D eigenvalue weighted by Gasteiger charge is 2.32. The normalized spacial score (nSPS) is 18.3. The van der Waals surface area contributed by atoms with E-state index >= 15 is 0 Å². The highest BCUT2D eigenvalue weighted by atomic mass is 16.4. The molecular weight excluding hydrogens is 466 g/mol. The monoisotopic (exact) mass is 503 g/mol. The second-order valence-corrected chi connectivity index (χ2v) is 9.18. The van der Waals surface area contributed by atoms with Crippen LogP contribution in [-0.2, 0) is 30.4 Å². The number of aliphatic carboxylic acids is 1. The topological polar surface area (TPSA) is 180 Å². The molecule has 1 saturated heterocycles. The van der Waals surface area contributed by atoms with E-state index in [-0.39, 0.29) is 31.1 Å². The number of amides is 4. The summed E-state index contributed by atoms with van der Waals surface area (Å²) in [5.74, 6) is -3.81. The molecule has 36 heavy (non-hydrogen) atoms. The molecule has 4 amide bonds. The van der Waals surface area contributed by atoms with Gasteiger partial charge >= 0.3 is 5.97 Å². The molecule has 2 rings (SSSR count). The maximum atomic E-state index is 13.2. The van der Waals surface area contributed by atoms with E-state index < -0.39 is 47.9 Å². The van der Waals surface area contributed by atoms with Crippen LogP contribution >= 0.6 is 0 Å². The van der Waals surface area contributed by atoms with Gasteiger partial charge in [0.15, 0.2) is 0 Å². The summed E-state index contributed by atoms with van der Waals surface area (Å²) in [7, 11) is 0. The van der Waals surface area contributed by atoms with E-state index in [1.807, 2.05) is 13.0 Å². The van der Waals surface area contributed by atoms with Crippen LogP contribution in [0.3, 0.4) is 0 Å². The van der Waals surface area contributed by atoms with Gasteiger partial charge in [0.1, 0.15) is 18.1 Å². The molecular formula is C25H37N5O6. The number of primary amides is 1. The van der Waals surface area contributed by atoms with E-state index in [0.717, 1.165) is 12.0 Å². The minimum atomic E-state index is -1.17. The average Bonchev–Trinajstić information content (AvgIpc) is 3.39. The van der Waals surface area contributed by atoms with Crippen LogP contribution in [0, 0.1) is 5.92 Å². The first-order valence-electron chi connectivity index (χ1n) is 12.3. The summed E-state index contributed by atoms with van der Waals surface area (Å²) in [6, 6.07) is 5.19. The lowest BCUT2D eigenvalue weighted by Gasteiger charge is -2.26. The third-order valence-electron chi connectivity index (χ3n) is 6.38. The van der Waals surface area contributed by atoms with Crippen molar-refractivity contribution in [2.24, 2.45) is 11.7 Å². The van der Waals surface area contributed by atoms with E-state index in [2.05, 4.69) is 21.3 Å². The number of carbonyl (C=O) groups is 5. The van der Waals surface area contributed by atoms with Crippen molar-refractivity contribution in [1.82, 2.24) is 21.3 Å². The Morgan fingerprint density at radius 2 is 1.72 bits per heavy atom. The minimum Gasteiger partial charge on any atom is -0.480 e. The zero-order valence-electron chi connectivity index (χ0n) is 20.8. The Hall–Kier alpha value is -3.47. The van der Waals surface area contributed by atoms with Gasteiger partial charge in [0.2, 0.25) is 23.6 Å². The first kappa shape index (κ1) is 28.8. The predicted octanol–water partition coefficient (Wildman–Crippen LogP) is -0.168. The molecule has 5 atom stereocenters. The summed E-state index contributed by atoms with van der Waals surface area (Å²) in [5.41, 5.74) is 6.01. The van der Waals surface area contributed by atoms with Crippen LogP contribution in [0.2, 0.25) is 0 Å². The molecule has 1 aliphatic heterocycles. The Morgan fingerprint density at radius 1 is 1.06 bits per heavy atom. The highest BCUT2D eigenvalue weighted by molar-refractivity contribution is 5.94. The second kappa shape index (κ2) is 14.2. The van der Waals surface area contributed by atoms with Crippen molar-refractivity contribution in [1.29, 1.82) is 0 Å². The van der Waals surface area contributed by atoms with Crippen LogP contribution < -0.4 is 27.0 Å². The largest absolute Gasteiger partial charge is 0.480 e. The standard InChI is InChI=1S/C25H37N5O6/c1-3-15(2)21(25(35)36)30-24(34)19(14-16-8-5-4-6-9-16)29-23(33)18(11-12-20(26)31)28-22(32)17-10-7-13-27-17/h4-6,8-9,15,17-19,21,27H,3,7,10-14H2,1-2H3,(H2,26,31)(H,28,32)(H,29,33)(H,30,34)(H,35,36). The van der Waals surface area contributed by atoms with Gasteiger partial charge < -0.3 is 32.1 Å². The minimum absolute atomic E-state index is 0.0378. The average molecular weight is 504 g/mol. The fraction of sp³-hybridized carbons (Fsp3) is 0.560. The van der Waals surface area contributed by atoms with E-state index in [9.17, 15) is 29.1 Å². The molecule has 0 spiro atoms. The molecule has 1 fully saturated rings. The van der Waals surface area contributed by atoms with Gasteiger partial charge in [0.25, 0.3) is 0 Å². The molecule has 0 saturated carbocycles. The lowest BCUT2D eigenvalue weighted by atomic mass is 9.98. The smallest absolute Gasteiger partial charge is 0.326 e. The number of carbonyl (C=O) groups excluding carboxylic acids is 4. The predicted molar refractivity (Wildman–Crippen MR) is 132 cm³/mol. The van der Waals surface area contributed by atoms with E-state index in [4.69, 9.17) is 5.73 Å². The molecule has 1 heterocycles. The Kier molecular flexibility index (Phi) is 11.3. The summed E-state index contributed by atoms with van der Waals surface area (Å²) in [4.78, 5) is 62.1. The number of hydrogen-bond acceptors (Lipinski definition) is 6. The van der Waals surface area contributed by atoms with Crippen molar-refractivity contribution in [2.45, 2.75) is 76.5 Å². The van der Waals surface area contributed by atoms with Gasteiger partial charge in [0.05, 0.1) is 6.04 Å². The third kappa shape index (κ3) is 8.95. The molecule has 198 valence electrons. The molecule has 5 unspecified atom stereocenters. The third-order valence-corrected chi connectivity index (χ3v) is 6.38. The van der Waals surface area contributed by atoms with Gasteiger partial charge in [-0.25, -0.2) is 4.79 Å². The SMILES string of the molecule is CCC(C)C(NC(=O)C(Cc1ccccc1)NC(=O)C(CCC(N)=O)NC(=O)C1CCCN1)C(=O)O. The quantitative estimate of drug-likeness (QED) is 0.204. The number of hydrogen-bond donors (Lipinski definition) is 6. The van der Waals surface area contributed by atoms with Crippen LogP contribution in [0.15, 0.2) is 30.3 Å². The van der Waals surface area contributed by atoms with Crippen molar-refractivity contribution in [3.8, 4) is 0 Å². The number of nitrogens with one attached hydrogen (secondary N) is 4. The van der Waals surface area contributed by atoms with Crippen LogP contribution in [0.5, 0.6) is 0 Å². The lowest BCUT2D eigenvalue weighted by molar-refractivity contribution is -0.143. The number of nitrogens with two attached hydrogens (primary N) is 1. The van der Waals surface area contributed by atoms with Crippen molar-refractivity contribution < 1.29 is 29.1 Å². The van der Waals surface area contributed by atoms with Crippen molar-refractivity contribution in [3.05, 3.63) is 35.9 Å². The van der Waals surface area contributed by atoms with Gasteiger partial charge in [-0.2, -0.15) is 0 Å². The van der Waals surface area contributed by atoms with E-state index in [1.54, 1.807) is 31.2 Å². The Bertz CT molecular complexity index is 919. The number of carboxylic acid groups (broad SMARTS) is 1. The molecule has 11 nitrogen and oxygen atoms in total. The molecule has 1 aromatic carbocycles. The molecule has 7 N–H and O–H groups in total. The molecule has 1 aromatic rings. The fourth-order valence-corrected chi connectivity index (χ4v) is 4.00. The second-order valence-electron chi connectivity index (χ2n) is 9.18. The van der Waals surface area contributed by atoms with Crippen LogP contribution in [0.4, 0.5) is 0 Å². The molecule has 0 bridgehead atoms. The van der Waals surface area contributed by atoms with Crippen LogP contribution in [0.1, 0.15) is 51.5 Å². The summed E-state index contributed by atoms with van der Waals surface area (Å²) in [6.07, 6.45) is 1.91. The highest BCUT2D eigenvalue weighted by Crippen LogP contribution is 2.11. The lowest BCUT2D eigenvalue weighted by Crippen LogP contribution is -2.58. The maximum Gasteiger partial charge on any atom is 0.326 e. The van der Waals surface area contributed by atoms with Crippen LogP contribution in [0.25, 0.3) is 0 Å². The van der Waals surface area contributed by atoms with Gasteiger partial charge in [-0.3, -0.25) is 19.2 Å². The Balaban J connectivity index is 2.22. The molecule has 0 aliphatic carbocycles. The Labute approximate surface area is 211 Å². The van der Waals surface area contributed by atoms with Crippen molar-refractivity contribution in [3.63, 3.8) is 0 Å². The first-order chi connectivity index (χ1) is 17.1. The number of rotatable bonds is 14. The summed E-state index contributed by atoms with van der Waals surface area (Å²) < 4.78 is 0. The summed E-state index contributed by atoms with van der Waals surface area (Å²) in [5, 5.41) is 20.5. The van der Waals surface area contributed by atoms with E-state index in [1.165, 1.54) is 0 Å². The zero-order valence-corrected chi connectivity index (χ0v) is 20.8. The van der Waals surface area contributed by atoms with Gasteiger partial charge in [0, 0.05) is 12.8 Å². The van der Waals surface area contributed by atoms with Gasteiger partial charge in [-0.05, 0) is 37.3 Å². The summed E-state index contributed by atoms with van der Waals surface area (Å²) >= 11 is 0. The number of carboxylic acids is 1. The summed E-state index contributed by atoms with van der Waals surface area (Å²) in [6.45, 7) is 4.23. The van der Waals surface area contributed by atoms with Gasteiger partial charge in [-0.1, -0.05) is 50.6 Å². The van der Waals surface area contributed by atoms with Gasteiger partial charge in [-0.15, -0.1) is 0 Å². The molecule has 1 aliphatic rings. The molecule has 0 radical (unpaired) electrons. The maximum absolute atomic E-state index is 13.2. The number of benzene rings is 1.